The molecule has 0 saturated carbocycles. The van der Waals surface area contributed by atoms with Gasteiger partial charge in [0.25, 0.3) is 0 Å². The van der Waals surface area contributed by atoms with Gasteiger partial charge in [-0.25, -0.2) is 14.4 Å². The van der Waals surface area contributed by atoms with E-state index < -0.39 is 5.82 Å². The fraction of sp³-hybridized carbons (Fsp3) is 0.458. The van der Waals surface area contributed by atoms with Gasteiger partial charge in [-0.15, -0.1) is 11.3 Å². The molecule has 1 unspecified atom stereocenters. The molecule has 0 radical (unpaired) electrons. The molecule has 4 heterocycles. The van der Waals surface area contributed by atoms with Gasteiger partial charge in [-0.2, -0.15) is 5.26 Å². The lowest BCUT2D eigenvalue weighted by atomic mass is 9.98. The molecule has 178 valence electrons. The minimum absolute atomic E-state index is 0.0746. The predicted octanol–water partition coefficient (Wildman–Crippen LogP) is 4.29. The third-order valence-electron chi connectivity index (χ3n) is 6.78. The summed E-state index contributed by atoms with van der Waals surface area (Å²) in [5.74, 6) is -0.378. The van der Waals surface area contributed by atoms with Gasteiger partial charge in [0.15, 0.2) is 5.82 Å². The van der Waals surface area contributed by atoms with Gasteiger partial charge in [0, 0.05) is 48.0 Å². The molecule has 0 aliphatic carbocycles. The number of halogens is 2. The van der Waals surface area contributed by atoms with Gasteiger partial charge in [-0.05, 0) is 39.4 Å². The number of likely N-dealkylation sites (tertiary alicyclic amines) is 1. The highest BCUT2D eigenvalue weighted by Gasteiger charge is 2.31. The molecule has 0 amide bonds. The van der Waals surface area contributed by atoms with E-state index in [0.717, 1.165) is 32.5 Å². The maximum absolute atomic E-state index is 15.4. The van der Waals surface area contributed by atoms with Crippen molar-refractivity contribution in [1.82, 2.24) is 20.2 Å². The van der Waals surface area contributed by atoms with Crippen LogP contribution in [0.2, 0.25) is 5.02 Å². The third kappa shape index (κ3) is 4.09. The maximum atomic E-state index is 15.4. The number of nitriles is 1. The first-order valence-electron chi connectivity index (χ1n) is 11.4. The van der Waals surface area contributed by atoms with Crippen LogP contribution in [0.3, 0.4) is 0 Å². The molecule has 2 aliphatic rings. The lowest BCUT2D eigenvalue weighted by molar-refractivity contribution is 0.193. The predicted molar refractivity (Wildman–Crippen MR) is 133 cm³/mol. The van der Waals surface area contributed by atoms with Crippen LogP contribution in [0.15, 0.2) is 17.0 Å². The zero-order chi connectivity index (χ0) is 23.8. The monoisotopic (exact) mass is 500 g/mol. The van der Waals surface area contributed by atoms with Crippen LogP contribution in [0.25, 0.3) is 22.2 Å². The highest BCUT2D eigenvalue weighted by molar-refractivity contribution is 7.07. The van der Waals surface area contributed by atoms with E-state index in [9.17, 15) is 5.26 Å². The summed E-state index contributed by atoms with van der Waals surface area (Å²) < 4.78 is 21.5. The van der Waals surface area contributed by atoms with Crippen LogP contribution in [0.4, 0.5) is 10.1 Å². The van der Waals surface area contributed by atoms with E-state index in [1.165, 1.54) is 17.4 Å². The van der Waals surface area contributed by atoms with Crippen molar-refractivity contribution < 1.29 is 9.13 Å². The zero-order valence-corrected chi connectivity index (χ0v) is 20.7. The number of hydrogen-bond acceptors (Lipinski definition) is 8. The Kier molecular flexibility index (Phi) is 6.58. The van der Waals surface area contributed by atoms with Crippen LogP contribution in [0.1, 0.15) is 25.3 Å². The van der Waals surface area contributed by atoms with Crippen LogP contribution in [-0.2, 0) is 0 Å². The van der Waals surface area contributed by atoms with Gasteiger partial charge < -0.3 is 19.9 Å². The maximum Gasteiger partial charge on any atom is 0.234 e. The number of pyridine rings is 1. The molecule has 3 aromatic rings. The summed E-state index contributed by atoms with van der Waals surface area (Å²) >= 11 is 8.02. The van der Waals surface area contributed by atoms with Crippen molar-refractivity contribution in [3.8, 4) is 23.2 Å². The molecular formula is C24H26ClFN6OS. The van der Waals surface area contributed by atoms with Gasteiger partial charge >= 0.3 is 0 Å². The Morgan fingerprint density at radius 2 is 2.26 bits per heavy atom. The molecule has 2 fully saturated rings. The Balaban J connectivity index is 1.76. The number of thiazole rings is 1. The zero-order valence-electron chi connectivity index (χ0n) is 19.1. The molecule has 2 saturated heterocycles. The van der Waals surface area contributed by atoms with Gasteiger partial charge in [0.2, 0.25) is 5.88 Å². The minimum Gasteiger partial charge on any atom is -0.475 e. The van der Waals surface area contributed by atoms with Crippen molar-refractivity contribution in [2.75, 3.05) is 44.7 Å². The van der Waals surface area contributed by atoms with Gasteiger partial charge in [0.05, 0.1) is 21.9 Å². The lowest BCUT2D eigenvalue weighted by Crippen LogP contribution is -2.50. The molecule has 2 aromatic heterocycles. The average Bonchev–Trinajstić information content (AvgIpc) is 3.49. The largest absolute Gasteiger partial charge is 0.475 e. The summed E-state index contributed by atoms with van der Waals surface area (Å²) in [5.41, 5.74) is 3.99. The summed E-state index contributed by atoms with van der Waals surface area (Å²) in [5, 5.41) is 16.3. The number of piperazine rings is 1. The number of benzene rings is 1. The average molecular weight is 501 g/mol. The molecule has 2 aliphatic heterocycles. The molecule has 2 atom stereocenters. The number of likely N-dealkylation sites (N-methyl/N-ethyl adjacent to an activating group) is 1. The normalized spacial score (nSPS) is 21.2. The second kappa shape index (κ2) is 9.62. The summed E-state index contributed by atoms with van der Waals surface area (Å²) in [6.45, 7) is 5.64. The van der Waals surface area contributed by atoms with E-state index in [4.69, 9.17) is 16.3 Å². The smallest absolute Gasteiger partial charge is 0.234 e. The highest BCUT2D eigenvalue weighted by Crippen LogP contribution is 2.45. The Labute approximate surface area is 207 Å². The van der Waals surface area contributed by atoms with Crippen molar-refractivity contribution in [2.24, 2.45) is 0 Å². The molecule has 0 spiro atoms. The molecule has 1 N–H and O–H groups in total. The molecule has 10 heteroatoms. The summed E-state index contributed by atoms with van der Waals surface area (Å²) in [6.07, 6.45) is 2.13. The number of fused-ring (bicyclic) bond motifs is 1. The van der Waals surface area contributed by atoms with Gasteiger partial charge in [-0.3, -0.25) is 0 Å². The number of aromatic nitrogens is 2. The molecular weight excluding hydrogens is 475 g/mol. The first-order valence-corrected chi connectivity index (χ1v) is 12.8. The Morgan fingerprint density at radius 3 is 2.94 bits per heavy atom. The van der Waals surface area contributed by atoms with Crippen LogP contribution in [0, 0.1) is 17.1 Å². The SMILES string of the molecule is CC1CNCCN1c1c(C#N)c(OC[C@@H]2CCCN2C)nc2c(F)cc(Cl)c(-c3cscn3)c12. The second-order valence-electron chi connectivity index (χ2n) is 8.90. The first-order chi connectivity index (χ1) is 16.5. The quantitative estimate of drug-likeness (QED) is 0.559. The Morgan fingerprint density at radius 1 is 1.41 bits per heavy atom. The van der Waals surface area contributed by atoms with E-state index >= 15 is 4.39 Å². The number of ether oxygens (including phenoxy) is 1. The number of nitrogens with zero attached hydrogens (tertiary/aromatic N) is 5. The molecule has 5 rings (SSSR count). The Hall–Kier alpha value is -2.51. The molecule has 0 bridgehead atoms. The van der Waals surface area contributed by atoms with Crippen molar-refractivity contribution in [1.29, 1.82) is 5.26 Å². The second-order valence-corrected chi connectivity index (χ2v) is 10.0. The third-order valence-corrected chi connectivity index (χ3v) is 7.66. The van der Waals surface area contributed by atoms with E-state index in [1.807, 2.05) is 5.38 Å². The Bertz CT molecular complexity index is 1250. The number of hydrogen-bond donors (Lipinski definition) is 1. The summed E-state index contributed by atoms with van der Waals surface area (Å²) in [6, 6.07) is 3.92. The summed E-state index contributed by atoms with van der Waals surface area (Å²) in [7, 11) is 2.07. The number of rotatable bonds is 5. The van der Waals surface area contributed by atoms with Crippen molar-refractivity contribution in [2.45, 2.75) is 31.8 Å². The number of anilines is 1. The van der Waals surface area contributed by atoms with Crippen LogP contribution < -0.4 is 15.0 Å². The van der Waals surface area contributed by atoms with Gasteiger partial charge in [0.1, 0.15) is 23.8 Å². The topological polar surface area (TPSA) is 77.3 Å². The molecule has 34 heavy (non-hydrogen) atoms. The fourth-order valence-electron chi connectivity index (χ4n) is 4.95. The van der Waals surface area contributed by atoms with E-state index in [2.05, 4.69) is 45.1 Å². The van der Waals surface area contributed by atoms with Crippen LogP contribution >= 0.6 is 22.9 Å². The lowest BCUT2D eigenvalue weighted by Gasteiger charge is -2.37. The van der Waals surface area contributed by atoms with E-state index in [0.29, 0.717) is 41.0 Å². The fourth-order valence-corrected chi connectivity index (χ4v) is 5.78. The summed E-state index contributed by atoms with van der Waals surface area (Å²) in [4.78, 5) is 13.4. The van der Waals surface area contributed by atoms with E-state index in [1.54, 1.807) is 5.51 Å². The van der Waals surface area contributed by atoms with Crippen LogP contribution in [0.5, 0.6) is 5.88 Å². The van der Waals surface area contributed by atoms with Gasteiger partial charge in [-0.1, -0.05) is 11.6 Å². The van der Waals surface area contributed by atoms with Crippen molar-refractivity contribution in [3.05, 3.63) is 33.4 Å². The highest BCUT2D eigenvalue weighted by atomic mass is 35.5. The van der Waals surface area contributed by atoms with E-state index in [-0.39, 0.29) is 28.5 Å². The van der Waals surface area contributed by atoms with Crippen molar-refractivity contribution >= 4 is 39.5 Å². The molecule has 1 aromatic carbocycles. The first kappa shape index (κ1) is 23.2. The standard InChI is InChI=1S/C24H26ClFN6OS/c1-14-10-28-5-7-32(14)23-16(9-27)24(33-11-15-4-3-6-31(15)2)30-22-18(26)8-17(25)20(21(22)23)19-12-34-13-29-19/h8,12-15,28H,3-7,10-11H2,1-2H3/t14?,15-/m0/s1. The molecule has 7 nitrogen and oxygen atoms in total. The number of nitrogens with one attached hydrogen (secondary N) is 1. The van der Waals surface area contributed by atoms with Crippen LogP contribution in [-0.4, -0.2) is 66.8 Å². The van der Waals surface area contributed by atoms with Crippen molar-refractivity contribution in [3.63, 3.8) is 0 Å². The minimum atomic E-state index is -0.546.